The maximum atomic E-state index is 11.7. The second-order valence-corrected chi connectivity index (χ2v) is 6.24. The van der Waals surface area contributed by atoms with E-state index >= 15 is 0 Å². The van der Waals surface area contributed by atoms with Crippen molar-refractivity contribution in [3.8, 4) is 0 Å². The number of nitrogens with two attached hydrogens (primary N) is 1. The molecule has 4 N–H and O–H groups in total. The van der Waals surface area contributed by atoms with E-state index < -0.39 is 23.7 Å². The Morgan fingerprint density at radius 3 is 2.27 bits per heavy atom. The summed E-state index contributed by atoms with van der Waals surface area (Å²) in [7, 11) is 0. The molecule has 1 rings (SSSR count). The van der Waals surface area contributed by atoms with E-state index in [4.69, 9.17) is 22.7 Å². The lowest BCUT2D eigenvalue weighted by Crippen LogP contribution is -2.44. The van der Waals surface area contributed by atoms with Gasteiger partial charge in [0.15, 0.2) is 0 Å². The summed E-state index contributed by atoms with van der Waals surface area (Å²) in [5.41, 5.74) is 6.25. The maximum Gasteiger partial charge on any atom is 0.408 e. The Labute approximate surface area is 134 Å². The van der Waals surface area contributed by atoms with Crippen LogP contribution in [0.2, 0.25) is 0 Å². The lowest BCUT2D eigenvalue weighted by molar-refractivity contribution is -0.139. The second-order valence-electron chi connectivity index (χ2n) is 5.80. The van der Waals surface area contributed by atoms with Crippen molar-refractivity contribution in [2.24, 2.45) is 5.73 Å². The van der Waals surface area contributed by atoms with E-state index in [-0.39, 0.29) is 11.4 Å². The van der Waals surface area contributed by atoms with Gasteiger partial charge in [0.05, 0.1) is 0 Å². The van der Waals surface area contributed by atoms with Gasteiger partial charge in [-0.1, -0.05) is 36.5 Å². The number of carbonyl (C=O) groups is 2. The first-order valence-corrected chi connectivity index (χ1v) is 7.10. The van der Waals surface area contributed by atoms with Gasteiger partial charge >= 0.3 is 12.1 Å². The van der Waals surface area contributed by atoms with E-state index in [1.807, 2.05) is 0 Å². The van der Waals surface area contributed by atoms with Gasteiger partial charge in [-0.2, -0.15) is 0 Å². The fraction of sp³-hybridized carbons (Fsp3) is 0.400. The van der Waals surface area contributed by atoms with Crippen LogP contribution < -0.4 is 11.1 Å². The van der Waals surface area contributed by atoms with Crippen LogP contribution in [0.5, 0.6) is 0 Å². The molecule has 0 unspecified atom stereocenters. The molecule has 0 saturated carbocycles. The predicted molar refractivity (Wildman–Crippen MR) is 86.8 cm³/mol. The largest absolute Gasteiger partial charge is 0.480 e. The highest BCUT2D eigenvalue weighted by Crippen LogP contribution is 2.10. The number of amides is 1. The number of alkyl carbamates (subject to hydrolysis) is 1. The first-order chi connectivity index (χ1) is 10.1. The van der Waals surface area contributed by atoms with Gasteiger partial charge in [0, 0.05) is 12.0 Å². The fourth-order valence-corrected chi connectivity index (χ4v) is 1.83. The molecule has 0 aliphatic heterocycles. The zero-order valence-corrected chi connectivity index (χ0v) is 13.6. The molecule has 0 saturated heterocycles. The molecule has 0 bridgehead atoms. The number of hydrogen-bond donors (Lipinski definition) is 3. The number of thiocarbonyl (C=S) groups is 1. The van der Waals surface area contributed by atoms with Crippen LogP contribution in [0.4, 0.5) is 4.79 Å². The predicted octanol–water partition coefficient (Wildman–Crippen LogP) is 1.84. The summed E-state index contributed by atoms with van der Waals surface area (Å²) in [5.74, 6) is -1.13. The van der Waals surface area contributed by atoms with E-state index in [0.717, 1.165) is 5.56 Å². The number of carbonyl (C=O) groups excluding carboxylic acids is 1. The molecule has 1 atom stereocenters. The number of carboxylic acid groups (broad SMARTS) is 1. The van der Waals surface area contributed by atoms with Gasteiger partial charge in [0.25, 0.3) is 0 Å². The summed E-state index contributed by atoms with van der Waals surface area (Å²) in [6, 6.07) is 5.79. The van der Waals surface area contributed by atoms with E-state index in [2.05, 4.69) is 5.32 Å². The van der Waals surface area contributed by atoms with Gasteiger partial charge in [0.2, 0.25) is 0 Å². The number of hydrogen-bond acceptors (Lipinski definition) is 4. The molecule has 0 aromatic heterocycles. The SMILES string of the molecule is CC(C)(C)OC(=O)N[C@@H](Cc1ccc(C(N)=S)cc1)C(=O)O. The molecular weight excluding hydrogens is 304 g/mol. The Morgan fingerprint density at radius 1 is 1.32 bits per heavy atom. The van der Waals surface area contributed by atoms with Crippen LogP contribution in [-0.4, -0.2) is 33.8 Å². The normalized spacial score (nSPS) is 12.3. The minimum atomic E-state index is -1.13. The highest BCUT2D eigenvalue weighted by Gasteiger charge is 2.24. The number of ether oxygens (including phenoxy) is 1. The Kier molecular flexibility index (Phi) is 5.87. The number of carboxylic acids is 1. The van der Waals surface area contributed by atoms with E-state index in [9.17, 15) is 14.7 Å². The van der Waals surface area contributed by atoms with E-state index in [1.54, 1.807) is 45.0 Å². The zero-order chi connectivity index (χ0) is 16.9. The lowest BCUT2D eigenvalue weighted by atomic mass is 10.0. The van der Waals surface area contributed by atoms with Gasteiger partial charge in [-0.15, -0.1) is 0 Å². The Hall–Kier alpha value is -2.15. The highest BCUT2D eigenvalue weighted by atomic mass is 32.1. The minimum Gasteiger partial charge on any atom is -0.480 e. The summed E-state index contributed by atoms with van der Waals surface area (Å²) < 4.78 is 5.06. The van der Waals surface area contributed by atoms with Gasteiger partial charge in [-0.3, -0.25) is 0 Å². The summed E-state index contributed by atoms with van der Waals surface area (Å²) in [6.45, 7) is 5.12. The molecule has 0 radical (unpaired) electrons. The van der Waals surface area contributed by atoms with Gasteiger partial charge in [-0.05, 0) is 26.3 Å². The fourth-order valence-electron chi connectivity index (χ4n) is 1.69. The average molecular weight is 324 g/mol. The average Bonchev–Trinajstić information content (AvgIpc) is 2.36. The third kappa shape index (κ3) is 6.09. The van der Waals surface area contributed by atoms with Crippen LogP contribution >= 0.6 is 12.2 Å². The molecule has 1 aromatic carbocycles. The third-order valence-corrected chi connectivity index (χ3v) is 2.90. The standard InChI is InChI=1S/C15H20N2O4S/c1-15(2,3)21-14(20)17-11(13(18)19)8-9-4-6-10(7-5-9)12(16)22/h4-7,11H,8H2,1-3H3,(H2,16,22)(H,17,20)(H,18,19)/t11-/m0/s1. The highest BCUT2D eigenvalue weighted by molar-refractivity contribution is 7.80. The maximum absolute atomic E-state index is 11.7. The first kappa shape index (κ1) is 17.9. The Balaban J connectivity index is 2.74. The van der Waals surface area contributed by atoms with Crippen LogP contribution in [0, 0.1) is 0 Å². The van der Waals surface area contributed by atoms with Crippen LogP contribution in [-0.2, 0) is 16.0 Å². The molecule has 0 spiro atoms. The molecule has 22 heavy (non-hydrogen) atoms. The van der Waals surface area contributed by atoms with Crippen molar-refractivity contribution in [2.45, 2.75) is 38.8 Å². The van der Waals surface area contributed by atoms with Crippen LogP contribution in [0.15, 0.2) is 24.3 Å². The van der Waals surface area contributed by atoms with Gasteiger partial charge in [0.1, 0.15) is 16.6 Å². The number of nitrogens with one attached hydrogen (secondary N) is 1. The molecule has 1 aromatic rings. The smallest absolute Gasteiger partial charge is 0.408 e. The van der Waals surface area contributed by atoms with Crippen LogP contribution in [0.1, 0.15) is 31.9 Å². The van der Waals surface area contributed by atoms with Gasteiger partial charge < -0.3 is 20.9 Å². The monoisotopic (exact) mass is 324 g/mol. The summed E-state index contributed by atoms with van der Waals surface area (Å²) in [4.78, 5) is 23.2. The molecule has 0 heterocycles. The molecule has 1 amide bonds. The van der Waals surface area contributed by atoms with Crippen molar-refractivity contribution in [3.63, 3.8) is 0 Å². The topological polar surface area (TPSA) is 102 Å². The van der Waals surface area contributed by atoms with Crippen molar-refractivity contribution in [1.82, 2.24) is 5.32 Å². The third-order valence-electron chi connectivity index (χ3n) is 2.67. The Morgan fingerprint density at radius 2 is 1.86 bits per heavy atom. The van der Waals surface area contributed by atoms with Crippen LogP contribution in [0.25, 0.3) is 0 Å². The molecule has 6 nitrogen and oxygen atoms in total. The summed E-state index contributed by atoms with van der Waals surface area (Å²) in [5, 5.41) is 11.6. The number of rotatable bonds is 5. The van der Waals surface area contributed by atoms with Crippen LogP contribution in [0.3, 0.4) is 0 Å². The lowest BCUT2D eigenvalue weighted by Gasteiger charge is -2.22. The molecule has 0 aliphatic carbocycles. The summed E-state index contributed by atoms with van der Waals surface area (Å²) in [6.07, 6.45) is -0.633. The number of aliphatic carboxylic acids is 1. The molecular formula is C15H20N2O4S. The van der Waals surface area contributed by atoms with Crippen molar-refractivity contribution in [3.05, 3.63) is 35.4 Å². The molecule has 120 valence electrons. The minimum absolute atomic E-state index is 0.131. The van der Waals surface area contributed by atoms with Crippen molar-refractivity contribution in [1.29, 1.82) is 0 Å². The molecule has 0 aliphatic rings. The van der Waals surface area contributed by atoms with Crippen molar-refractivity contribution >= 4 is 29.3 Å². The zero-order valence-electron chi connectivity index (χ0n) is 12.8. The number of benzene rings is 1. The second kappa shape index (κ2) is 7.22. The quantitative estimate of drug-likeness (QED) is 0.714. The summed E-state index contributed by atoms with van der Waals surface area (Å²) >= 11 is 4.85. The molecule has 0 fully saturated rings. The van der Waals surface area contributed by atoms with E-state index in [1.165, 1.54) is 0 Å². The first-order valence-electron chi connectivity index (χ1n) is 6.69. The van der Waals surface area contributed by atoms with Crippen molar-refractivity contribution < 1.29 is 19.4 Å². The van der Waals surface area contributed by atoms with Gasteiger partial charge in [-0.25, -0.2) is 9.59 Å². The molecule has 7 heteroatoms. The Bertz CT molecular complexity index is 564. The van der Waals surface area contributed by atoms with Crippen molar-refractivity contribution in [2.75, 3.05) is 0 Å². The van der Waals surface area contributed by atoms with E-state index in [0.29, 0.717) is 5.56 Å².